The predicted molar refractivity (Wildman–Crippen MR) is 147 cm³/mol. The Morgan fingerprint density at radius 2 is 2.03 bits per heavy atom. The molecule has 1 aliphatic heterocycles. The van der Waals surface area contributed by atoms with Crippen LogP contribution in [0.15, 0.2) is 52.6 Å². The first-order valence-electron chi connectivity index (χ1n) is 12.6. The Bertz CT molecular complexity index is 1560. The Morgan fingerprint density at radius 1 is 1.16 bits per heavy atom. The van der Waals surface area contributed by atoms with Gasteiger partial charge in [-0.15, -0.1) is 11.3 Å². The lowest BCUT2D eigenvalue weighted by atomic mass is 10.0. The minimum atomic E-state index is -0.880. The van der Waals surface area contributed by atoms with Crippen molar-refractivity contribution in [3.8, 4) is 22.5 Å². The lowest BCUT2D eigenvalue weighted by Gasteiger charge is -2.36. The molecule has 1 saturated heterocycles. The summed E-state index contributed by atoms with van der Waals surface area (Å²) in [5, 5.41) is 21.9. The first-order chi connectivity index (χ1) is 18.3. The standard InChI is InChI=1S/C28H30N6O3S/c1-17-25(18(2)37-32-17)19-7-8-22-21(12-19)27(34-9-10-36-15-23(34)24-6-5-11-38-24)31-26(30-22)20-13-29-33(14-20)16-28(3,4)35/h5-8,11-14,23,35H,9-10,15-16H2,1-4H3/t23-/m1/s1. The predicted octanol–water partition coefficient (Wildman–Crippen LogP) is 5.18. The Kier molecular flexibility index (Phi) is 6.25. The average molecular weight is 531 g/mol. The fraction of sp³-hybridized carbons (Fsp3) is 0.357. The molecule has 0 spiro atoms. The minimum Gasteiger partial charge on any atom is -0.389 e. The van der Waals surface area contributed by atoms with Crippen molar-refractivity contribution in [2.75, 3.05) is 24.7 Å². The number of hydrogen-bond donors (Lipinski definition) is 1. The summed E-state index contributed by atoms with van der Waals surface area (Å²) in [5.41, 5.74) is 3.62. The normalized spacial score (nSPS) is 16.4. The third kappa shape index (κ3) is 4.70. The van der Waals surface area contributed by atoms with Gasteiger partial charge in [-0.25, -0.2) is 9.97 Å². The topological polar surface area (TPSA) is 102 Å². The van der Waals surface area contributed by atoms with Crippen LogP contribution in [-0.2, 0) is 11.3 Å². The highest BCUT2D eigenvalue weighted by Crippen LogP contribution is 2.38. The van der Waals surface area contributed by atoms with E-state index < -0.39 is 5.60 Å². The zero-order chi connectivity index (χ0) is 26.4. The molecule has 38 heavy (non-hydrogen) atoms. The Morgan fingerprint density at radius 3 is 2.76 bits per heavy atom. The van der Waals surface area contributed by atoms with Gasteiger partial charge in [-0.3, -0.25) is 4.68 Å². The van der Waals surface area contributed by atoms with Crippen LogP contribution < -0.4 is 4.90 Å². The van der Waals surface area contributed by atoms with E-state index in [2.05, 4.69) is 44.8 Å². The zero-order valence-corrected chi connectivity index (χ0v) is 22.7. The number of ether oxygens (including phenoxy) is 1. The summed E-state index contributed by atoms with van der Waals surface area (Å²) in [6.07, 6.45) is 3.64. The molecule has 0 radical (unpaired) electrons. The minimum absolute atomic E-state index is 0.0512. The molecule has 5 heterocycles. The van der Waals surface area contributed by atoms with Crippen molar-refractivity contribution < 1.29 is 14.4 Å². The van der Waals surface area contributed by atoms with Crippen molar-refractivity contribution in [3.05, 3.63) is 64.4 Å². The largest absolute Gasteiger partial charge is 0.389 e. The molecule has 6 rings (SSSR count). The number of nitrogens with zero attached hydrogens (tertiary/aromatic N) is 6. The van der Waals surface area contributed by atoms with E-state index in [9.17, 15) is 5.11 Å². The van der Waals surface area contributed by atoms with Crippen LogP contribution in [0.2, 0.25) is 0 Å². The molecule has 0 unspecified atom stereocenters. The molecule has 0 aliphatic carbocycles. The number of aliphatic hydroxyl groups is 1. The molecule has 5 aromatic rings. The second-order valence-corrected chi connectivity index (χ2v) is 11.3. The monoisotopic (exact) mass is 530 g/mol. The summed E-state index contributed by atoms with van der Waals surface area (Å²) in [5.74, 6) is 2.23. The molecule has 0 bridgehead atoms. The molecule has 196 valence electrons. The summed E-state index contributed by atoms with van der Waals surface area (Å²) in [7, 11) is 0. The van der Waals surface area contributed by atoms with E-state index in [1.54, 1.807) is 36.1 Å². The smallest absolute Gasteiger partial charge is 0.165 e. The number of fused-ring (bicyclic) bond motifs is 1. The maximum Gasteiger partial charge on any atom is 0.165 e. The molecule has 10 heteroatoms. The van der Waals surface area contributed by atoms with E-state index in [0.717, 1.165) is 44.9 Å². The number of thiophene rings is 1. The summed E-state index contributed by atoms with van der Waals surface area (Å²) >= 11 is 1.72. The van der Waals surface area contributed by atoms with Crippen LogP contribution in [-0.4, -0.2) is 55.4 Å². The van der Waals surface area contributed by atoms with Crippen LogP contribution in [0, 0.1) is 13.8 Å². The summed E-state index contributed by atoms with van der Waals surface area (Å²) in [6, 6.07) is 10.5. The van der Waals surface area contributed by atoms with Gasteiger partial charge in [-0.2, -0.15) is 5.10 Å². The highest BCUT2D eigenvalue weighted by atomic mass is 32.1. The maximum absolute atomic E-state index is 10.2. The van der Waals surface area contributed by atoms with E-state index in [-0.39, 0.29) is 6.04 Å². The van der Waals surface area contributed by atoms with Gasteiger partial charge in [0, 0.05) is 28.6 Å². The number of aryl methyl sites for hydroxylation is 2. The van der Waals surface area contributed by atoms with Crippen LogP contribution in [0.1, 0.15) is 36.2 Å². The molecule has 0 saturated carbocycles. The van der Waals surface area contributed by atoms with Gasteiger partial charge in [0.15, 0.2) is 5.82 Å². The molecule has 1 atom stereocenters. The average Bonchev–Trinajstić information content (AvgIpc) is 3.65. The summed E-state index contributed by atoms with van der Waals surface area (Å²) in [6.45, 7) is 9.71. The molecule has 4 aromatic heterocycles. The molecular formula is C28H30N6O3S. The number of hydrogen-bond acceptors (Lipinski definition) is 9. The van der Waals surface area contributed by atoms with Crippen molar-refractivity contribution in [3.63, 3.8) is 0 Å². The second kappa shape index (κ2) is 9.61. The van der Waals surface area contributed by atoms with Crippen molar-refractivity contribution in [1.29, 1.82) is 0 Å². The summed E-state index contributed by atoms with van der Waals surface area (Å²) in [4.78, 5) is 13.7. The van der Waals surface area contributed by atoms with Gasteiger partial charge >= 0.3 is 0 Å². The summed E-state index contributed by atoms with van der Waals surface area (Å²) < 4.78 is 13.1. The third-order valence-corrected chi connectivity index (χ3v) is 7.68. The van der Waals surface area contributed by atoms with Crippen molar-refractivity contribution >= 4 is 28.1 Å². The molecule has 0 amide bonds. The van der Waals surface area contributed by atoms with Crippen molar-refractivity contribution in [2.24, 2.45) is 0 Å². The SMILES string of the molecule is Cc1noc(C)c1-c1ccc2nc(-c3cnn(CC(C)(C)O)c3)nc(N3CCOC[C@@H]3c3cccs3)c2c1. The Hall–Kier alpha value is -3.60. The van der Waals surface area contributed by atoms with E-state index >= 15 is 0 Å². The van der Waals surface area contributed by atoms with E-state index in [0.29, 0.717) is 32.1 Å². The van der Waals surface area contributed by atoms with Crippen LogP contribution >= 0.6 is 11.3 Å². The number of anilines is 1. The number of aromatic nitrogens is 5. The lowest BCUT2D eigenvalue weighted by molar-refractivity contribution is 0.0577. The van der Waals surface area contributed by atoms with E-state index in [1.807, 2.05) is 26.1 Å². The fourth-order valence-electron chi connectivity index (χ4n) is 5.05. The highest BCUT2D eigenvalue weighted by molar-refractivity contribution is 7.10. The van der Waals surface area contributed by atoms with Crippen molar-refractivity contribution in [1.82, 2.24) is 24.9 Å². The van der Waals surface area contributed by atoms with Gasteiger partial charge in [-0.1, -0.05) is 17.3 Å². The van der Waals surface area contributed by atoms with Gasteiger partial charge in [0.05, 0.1) is 54.4 Å². The number of benzene rings is 1. The Labute approximate surface area is 224 Å². The molecular weight excluding hydrogens is 500 g/mol. The first-order valence-corrected chi connectivity index (χ1v) is 13.5. The Balaban J connectivity index is 1.52. The molecule has 1 aromatic carbocycles. The molecule has 1 N–H and O–H groups in total. The van der Waals surface area contributed by atoms with Gasteiger partial charge in [-0.05, 0) is 56.8 Å². The maximum atomic E-state index is 10.2. The fourth-order valence-corrected chi connectivity index (χ4v) is 5.87. The zero-order valence-electron chi connectivity index (χ0n) is 21.9. The third-order valence-electron chi connectivity index (χ3n) is 6.71. The van der Waals surface area contributed by atoms with E-state index in [4.69, 9.17) is 19.2 Å². The lowest BCUT2D eigenvalue weighted by Crippen LogP contribution is -2.40. The van der Waals surface area contributed by atoms with Gasteiger partial charge in [0.25, 0.3) is 0 Å². The van der Waals surface area contributed by atoms with Crippen LogP contribution in [0.4, 0.5) is 5.82 Å². The molecule has 1 fully saturated rings. The second-order valence-electron chi connectivity index (χ2n) is 10.3. The van der Waals surface area contributed by atoms with Gasteiger partial charge in [0.1, 0.15) is 11.6 Å². The highest BCUT2D eigenvalue weighted by Gasteiger charge is 2.29. The number of morpholine rings is 1. The van der Waals surface area contributed by atoms with Gasteiger partial charge in [0.2, 0.25) is 0 Å². The number of rotatable bonds is 6. The van der Waals surface area contributed by atoms with Gasteiger partial charge < -0.3 is 19.3 Å². The van der Waals surface area contributed by atoms with Crippen LogP contribution in [0.5, 0.6) is 0 Å². The first kappa shape index (κ1) is 24.7. The van der Waals surface area contributed by atoms with Crippen molar-refractivity contribution in [2.45, 2.75) is 45.9 Å². The van der Waals surface area contributed by atoms with Crippen LogP contribution in [0.25, 0.3) is 33.4 Å². The quantitative estimate of drug-likeness (QED) is 0.321. The van der Waals surface area contributed by atoms with Crippen LogP contribution in [0.3, 0.4) is 0 Å². The molecule has 1 aliphatic rings. The molecule has 9 nitrogen and oxygen atoms in total. The van der Waals surface area contributed by atoms with E-state index in [1.165, 1.54) is 4.88 Å².